The van der Waals surface area contributed by atoms with Crippen LogP contribution in [0.1, 0.15) is 51.5 Å². The number of ether oxygens (including phenoxy) is 1. The Hall–Kier alpha value is -2.14. The first-order valence-corrected chi connectivity index (χ1v) is 12.0. The van der Waals surface area contributed by atoms with Gasteiger partial charge in [-0.25, -0.2) is 8.42 Å². The van der Waals surface area contributed by atoms with Crippen LogP contribution < -0.4 is 4.72 Å². The topological polar surface area (TPSA) is 92.8 Å². The predicted octanol–water partition coefficient (Wildman–Crippen LogP) is 3.34. The van der Waals surface area contributed by atoms with Gasteiger partial charge in [-0.05, 0) is 43.4 Å². The van der Waals surface area contributed by atoms with Crippen molar-refractivity contribution in [1.29, 1.82) is 0 Å². The van der Waals surface area contributed by atoms with E-state index in [1.807, 2.05) is 0 Å². The number of carbonyl (C=O) groups is 2. The number of carbonyl (C=O) groups excluding carboxylic acids is 2. The molecule has 0 unspecified atom stereocenters. The van der Waals surface area contributed by atoms with Crippen LogP contribution in [0.2, 0.25) is 0 Å². The van der Waals surface area contributed by atoms with Crippen LogP contribution in [0.3, 0.4) is 0 Å². The Bertz CT molecular complexity index is 895. The Morgan fingerprint density at radius 1 is 1.12 bits per heavy atom. The van der Waals surface area contributed by atoms with E-state index >= 15 is 0 Å². The van der Waals surface area contributed by atoms with E-state index in [4.69, 9.17) is 4.74 Å². The number of alkyl halides is 3. The number of nitrogens with one attached hydrogen (secondary N) is 1. The minimum atomic E-state index is -4.71. The fourth-order valence-electron chi connectivity index (χ4n) is 3.40. The van der Waals surface area contributed by atoms with Gasteiger partial charge < -0.3 is 9.64 Å². The highest BCUT2D eigenvalue weighted by atomic mass is 32.2. The van der Waals surface area contributed by atoms with E-state index in [0.29, 0.717) is 19.2 Å². The number of hydrogen-bond donors (Lipinski definition) is 1. The number of sulfonamides is 1. The molecule has 11 heteroatoms. The van der Waals surface area contributed by atoms with Crippen molar-refractivity contribution in [2.24, 2.45) is 5.92 Å². The molecule has 1 saturated heterocycles. The lowest BCUT2D eigenvalue weighted by molar-refractivity contribution is -0.153. The lowest BCUT2D eigenvalue weighted by Crippen LogP contribution is -2.44. The highest BCUT2D eigenvalue weighted by Gasteiger charge is 2.33. The average Bonchev–Trinajstić information content (AvgIpc) is 3.00. The van der Waals surface area contributed by atoms with E-state index in [9.17, 15) is 31.2 Å². The van der Waals surface area contributed by atoms with Crippen LogP contribution >= 0.6 is 0 Å². The van der Waals surface area contributed by atoms with E-state index in [1.165, 1.54) is 0 Å². The van der Waals surface area contributed by atoms with Crippen LogP contribution in [0.15, 0.2) is 29.2 Å². The molecule has 0 aromatic heterocycles. The molecule has 0 aliphatic carbocycles. The van der Waals surface area contributed by atoms with Gasteiger partial charge in [0.25, 0.3) is 5.91 Å². The summed E-state index contributed by atoms with van der Waals surface area (Å²) < 4.78 is 71.4. The van der Waals surface area contributed by atoms with Gasteiger partial charge in [-0.1, -0.05) is 32.8 Å². The average molecular weight is 479 g/mol. The predicted molar refractivity (Wildman–Crippen MR) is 111 cm³/mol. The lowest BCUT2D eigenvalue weighted by atomic mass is 10.1. The zero-order valence-corrected chi connectivity index (χ0v) is 19.0. The van der Waals surface area contributed by atoms with Crippen molar-refractivity contribution in [3.63, 3.8) is 0 Å². The number of benzene rings is 1. The van der Waals surface area contributed by atoms with Crippen molar-refractivity contribution in [3.8, 4) is 0 Å². The lowest BCUT2D eigenvalue weighted by Gasteiger charge is -2.22. The molecule has 1 aromatic rings. The normalized spacial score (nSPS) is 16.5. The number of hydrogen-bond acceptors (Lipinski definition) is 5. The Kier molecular flexibility index (Phi) is 9.08. The number of rotatable bonds is 8. The summed E-state index contributed by atoms with van der Waals surface area (Å²) in [5.74, 6) is -1.43. The summed E-state index contributed by atoms with van der Waals surface area (Å²) >= 11 is 0. The molecule has 0 spiro atoms. The maximum absolute atomic E-state index is 12.9. The molecular weight excluding hydrogens is 449 g/mol. The maximum atomic E-state index is 12.9. The number of halogens is 3. The van der Waals surface area contributed by atoms with Gasteiger partial charge in [0, 0.05) is 13.1 Å². The quantitative estimate of drug-likeness (QED) is 0.579. The first kappa shape index (κ1) is 26.1. The molecule has 1 fully saturated rings. The molecule has 0 radical (unpaired) electrons. The van der Waals surface area contributed by atoms with Crippen LogP contribution in [-0.4, -0.2) is 50.9 Å². The molecule has 7 nitrogen and oxygen atoms in total. The molecule has 32 heavy (non-hydrogen) atoms. The summed E-state index contributed by atoms with van der Waals surface area (Å²) in [6.07, 6.45) is -0.877. The Labute approximate surface area is 186 Å². The maximum Gasteiger partial charge on any atom is 0.416 e. The molecule has 1 aromatic carbocycles. The highest BCUT2D eigenvalue weighted by Crippen LogP contribution is 2.30. The van der Waals surface area contributed by atoms with Crippen molar-refractivity contribution >= 4 is 21.9 Å². The second kappa shape index (κ2) is 11.1. The Balaban J connectivity index is 2.10. The van der Waals surface area contributed by atoms with Gasteiger partial charge in [0.2, 0.25) is 10.0 Å². The molecule has 1 amide bonds. The third-order valence-electron chi connectivity index (χ3n) is 5.06. The van der Waals surface area contributed by atoms with Crippen LogP contribution in [0, 0.1) is 5.92 Å². The van der Waals surface area contributed by atoms with Crippen molar-refractivity contribution in [2.45, 2.75) is 63.1 Å². The summed E-state index contributed by atoms with van der Waals surface area (Å²) in [7, 11) is -4.44. The third-order valence-corrected chi connectivity index (χ3v) is 6.53. The monoisotopic (exact) mass is 478 g/mol. The van der Waals surface area contributed by atoms with Crippen LogP contribution in [0.4, 0.5) is 13.2 Å². The van der Waals surface area contributed by atoms with Gasteiger partial charge in [-0.2, -0.15) is 17.9 Å². The van der Waals surface area contributed by atoms with Crippen molar-refractivity contribution in [1.82, 2.24) is 9.62 Å². The number of likely N-dealkylation sites (tertiary alicyclic amines) is 1. The molecule has 0 bridgehead atoms. The Morgan fingerprint density at radius 3 is 2.31 bits per heavy atom. The minimum absolute atomic E-state index is 0.0505. The highest BCUT2D eigenvalue weighted by molar-refractivity contribution is 7.89. The van der Waals surface area contributed by atoms with Gasteiger partial charge in [-0.15, -0.1) is 0 Å². The molecule has 1 N–H and O–H groups in total. The molecule has 0 saturated carbocycles. The van der Waals surface area contributed by atoms with Crippen molar-refractivity contribution in [2.75, 3.05) is 19.7 Å². The van der Waals surface area contributed by atoms with Gasteiger partial charge in [0.15, 0.2) is 6.61 Å². The van der Waals surface area contributed by atoms with Gasteiger partial charge in [0.05, 0.1) is 10.5 Å². The SMILES string of the molecule is CC(C)C[C@H](NS(=O)(=O)c1cccc(C(F)(F)F)c1)C(=O)OCC(=O)N1CCCCCC1. The number of amides is 1. The summed E-state index contributed by atoms with van der Waals surface area (Å²) in [5.41, 5.74) is -1.12. The summed E-state index contributed by atoms with van der Waals surface area (Å²) in [6.45, 7) is 4.14. The largest absolute Gasteiger partial charge is 0.454 e. The molecule has 180 valence electrons. The van der Waals surface area contributed by atoms with E-state index in [-0.39, 0.29) is 18.2 Å². The number of esters is 1. The minimum Gasteiger partial charge on any atom is -0.454 e. The van der Waals surface area contributed by atoms with Crippen molar-refractivity contribution in [3.05, 3.63) is 29.8 Å². The fraction of sp³-hybridized carbons (Fsp3) is 0.619. The molecule has 1 aliphatic heterocycles. The zero-order chi connectivity index (χ0) is 23.9. The summed E-state index contributed by atoms with van der Waals surface area (Å²) in [6, 6.07) is 1.91. The molecule has 1 heterocycles. The summed E-state index contributed by atoms with van der Waals surface area (Å²) in [4.78, 5) is 25.9. The van der Waals surface area contributed by atoms with Gasteiger partial charge in [-0.3, -0.25) is 9.59 Å². The van der Waals surface area contributed by atoms with E-state index in [2.05, 4.69) is 4.72 Å². The third kappa shape index (κ3) is 7.77. The molecular formula is C21H29F3N2O5S. The summed E-state index contributed by atoms with van der Waals surface area (Å²) in [5, 5.41) is 0. The molecule has 1 aliphatic rings. The smallest absolute Gasteiger partial charge is 0.416 e. The second-order valence-corrected chi connectivity index (χ2v) is 9.95. The zero-order valence-electron chi connectivity index (χ0n) is 18.2. The van der Waals surface area contributed by atoms with E-state index in [1.54, 1.807) is 18.7 Å². The van der Waals surface area contributed by atoms with Crippen LogP contribution in [0.25, 0.3) is 0 Å². The van der Waals surface area contributed by atoms with Crippen LogP contribution in [0.5, 0.6) is 0 Å². The number of nitrogens with zero attached hydrogens (tertiary/aromatic N) is 1. The first-order chi connectivity index (χ1) is 14.9. The van der Waals surface area contributed by atoms with E-state index < -0.39 is 45.3 Å². The fourth-order valence-corrected chi connectivity index (χ4v) is 4.65. The van der Waals surface area contributed by atoms with Crippen molar-refractivity contribution < 1.29 is 35.9 Å². The van der Waals surface area contributed by atoms with Gasteiger partial charge in [0.1, 0.15) is 6.04 Å². The van der Waals surface area contributed by atoms with E-state index in [0.717, 1.165) is 43.9 Å². The second-order valence-electron chi connectivity index (χ2n) is 8.23. The molecule has 2 rings (SSSR count). The standard InChI is InChI=1S/C21H29F3N2O5S/c1-15(2)12-18(20(28)31-14-19(27)26-10-5-3-4-6-11-26)25-32(29,30)17-9-7-8-16(13-17)21(22,23)24/h7-9,13,15,18,25H,3-6,10-12,14H2,1-2H3/t18-/m0/s1. The molecule has 1 atom stereocenters. The van der Waals surface area contributed by atoms with Gasteiger partial charge >= 0.3 is 12.1 Å². The van der Waals surface area contributed by atoms with Crippen LogP contribution in [-0.2, 0) is 30.5 Å². The Morgan fingerprint density at radius 2 is 1.75 bits per heavy atom. The first-order valence-electron chi connectivity index (χ1n) is 10.5.